The molecule has 1 aliphatic rings. The first-order valence-corrected chi connectivity index (χ1v) is 10.7. The summed E-state index contributed by atoms with van der Waals surface area (Å²) in [6.45, 7) is 4.18. The van der Waals surface area contributed by atoms with Crippen molar-refractivity contribution in [2.24, 2.45) is 5.92 Å². The molecule has 30 heavy (non-hydrogen) atoms. The van der Waals surface area contributed by atoms with E-state index in [1.807, 2.05) is 37.3 Å². The van der Waals surface area contributed by atoms with Crippen LogP contribution in [0.3, 0.4) is 0 Å². The monoisotopic (exact) mass is 428 g/mol. The number of esters is 1. The number of ether oxygens (including phenoxy) is 1. The number of phenolic OH excluding ortho intramolecular Hbond substituents is 1. The number of phenols is 1. The third kappa shape index (κ3) is 4.45. The molecule has 0 aliphatic carbocycles. The van der Waals surface area contributed by atoms with Crippen LogP contribution in [0.15, 0.2) is 40.9 Å². The van der Waals surface area contributed by atoms with Crippen LogP contribution in [0.4, 0.5) is 0 Å². The van der Waals surface area contributed by atoms with E-state index < -0.39 is 0 Å². The highest BCUT2D eigenvalue weighted by molar-refractivity contribution is 6.30. The van der Waals surface area contributed by atoms with E-state index in [0.29, 0.717) is 42.3 Å². The van der Waals surface area contributed by atoms with E-state index in [9.17, 15) is 9.90 Å². The van der Waals surface area contributed by atoms with E-state index in [2.05, 4.69) is 10.1 Å². The first-order valence-electron chi connectivity index (χ1n) is 10.3. The number of aromatic nitrogens is 1. The quantitative estimate of drug-likeness (QED) is 0.580. The SMILES string of the molecule is CCOC(=O)C1CCCN(Cc2c(O)ccc3c(Cc4ccc(Cl)cc4)noc23)C1. The Kier molecular flexibility index (Phi) is 6.25. The van der Waals surface area contributed by atoms with Crippen molar-refractivity contribution in [2.75, 3.05) is 19.7 Å². The molecule has 3 aromatic rings. The molecule has 4 rings (SSSR count). The number of carbonyl (C=O) groups excluding carboxylic acids is 1. The van der Waals surface area contributed by atoms with Crippen molar-refractivity contribution in [3.05, 3.63) is 58.2 Å². The lowest BCUT2D eigenvalue weighted by atomic mass is 9.97. The number of likely N-dealkylation sites (tertiary alicyclic amines) is 1. The van der Waals surface area contributed by atoms with E-state index in [1.54, 1.807) is 6.07 Å². The molecule has 1 atom stereocenters. The van der Waals surface area contributed by atoms with Crippen LogP contribution in [0.5, 0.6) is 5.75 Å². The predicted octanol–water partition coefficient (Wildman–Crippen LogP) is 4.55. The van der Waals surface area contributed by atoms with Gasteiger partial charge in [-0.3, -0.25) is 9.69 Å². The summed E-state index contributed by atoms with van der Waals surface area (Å²) < 4.78 is 10.8. The van der Waals surface area contributed by atoms with Gasteiger partial charge in [-0.25, -0.2) is 0 Å². The second kappa shape index (κ2) is 9.06. The molecule has 0 saturated carbocycles. The lowest BCUT2D eigenvalue weighted by molar-refractivity contribution is -0.150. The Morgan fingerprint density at radius 2 is 2.10 bits per heavy atom. The summed E-state index contributed by atoms with van der Waals surface area (Å²) in [4.78, 5) is 14.3. The largest absolute Gasteiger partial charge is 0.507 e. The number of fused-ring (bicyclic) bond motifs is 1. The molecule has 1 unspecified atom stereocenters. The fraction of sp³-hybridized carbons (Fsp3) is 0.391. The van der Waals surface area contributed by atoms with Gasteiger partial charge >= 0.3 is 5.97 Å². The zero-order valence-corrected chi connectivity index (χ0v) is 17.7. The minimum atomic E-state index is -0.144. The molecule has 1 saturated heterocycles. The van der Waals surface area contributed by atoms with Gasteiger partial charge in [-0.05, 0) is 56.1 Å². The van der Waals surface area contributed by atoms with Gasteiger partial charge < -0.3 is 14.4 Å². The zero-order chi connectivity index (χ0) is 21.1. The van der Waals surface area contributed by atoms with E-state index in [1.165, 1.54) is 0 Å². The molecule has 2 aromatic carbocycles. The van der Waals surface area contributed by atoms with Crippen LogP contribution in [0.25, 0.3) is 11.0 Å². The fourth-order valence-electron chi connectivity index (χ4n) is 4.05. The van der Waals surface area contributed by atoms with Crippen LogP contribution in [-0.4, -0.2) is 40.8 Å². The van der Waals surface area contributed by atoms with Gasteiger partial charge in [0.2, 0.25) is 0 Å². The van der Waals surface area contributed by atoms with E-state index >= 15 is 0 Å². The molecule has 2 heterocycles. The van der Waals surface area contributed by atoms with Gasteiger partial charge in [-0.15, -0.1) is 0 Å². The summed E-state index contributed by atoms with van der Waals surface area (Å²) in [5.74, 6) is -0.0975. The summed E-state index contributed by atoms with van der Waals surface area (Å²) in [7, 11) is 0. The van der Waals surface area contributed by atoms with Crippen LogP contribution in [0.2, 0.25) is 5.02 Å². The maximum Gasteiger partial charge on any atom is 0.310 e. The van der Waals surface area contributed by atoms with Gasteiger partial charge in [0.15, 0.2) is 5.58 Å². The Hall–Kier alpha value is -2.57. The maximum absolute atomic E-state index is 12.1. The highest BCUT2D eigenvalue weighted by atomic mass is 35.5. The van der Waals surface area contributed by atoms with Crippen LogP contribution < -0.4 is 0 Å². The summed E-state index contributed by atoms with van der Waals surface area (Å²) in [6.07, 6.45) is 2.36. The Morgan fingerprint density at radius 1 is 1.30 bits per heavy atom. The Balaban J connectivity index is 1.55. The highest BCUT2D eigenvalue weighted by Gasteiger charge is 2.28. The van der Waals surface area contributed by atoms with Crippen LogP contribution in [-0.2, 0) is 22.5 Å². The lowest BCUT2D eigenvalue weighted by Crippen LogP contribution is -2.38. The number of halogens is 1. The van der Waals surface area contributed by atoms with Crippen molar-refractivity contribution in [3.8, 4) is 5.75 Å². The molecule has 1 N–H and O–H groups in total. The highest BCUT2D eigenvalue weighted by Crippen LogP contribution is 2.32. The molecule has 6 nitrogen and oxygen atoms in total. The predicted molar refractivity (Wildman–Crippen MR) is 115 cm³/mol. The van der Waals surface area contributed by atoms with Gasteiger partial charge in [0.1, 0.15) is 5.75 Å². The number of rotatable bonds is 6. The Labute approximate surface area is 180 Å². The molecular weight excluding hydrogens is 404 g/mol. The summed E-state index contributed by atoms with van der Waals surface area (Å²) in [5, 5.41) is 16.3. The Bertz CT molecular complexity index is 1030. The number of hydrogen-bond donors (Lipinski definition) is 1. The molecule has 1 aromatic heterocycles. The van der Waals surface area contributed by atoms with Crippen molar-refractivity contribution in [2.45, 2.75) is 32.7 Å². The molecule has 7 heteroatoms. The Morgan fingerprint density at radius 3 is 2.87 bits per heavy atom. The van der Waals surface area contributed by atoms with Crippen LogP contribution in [0.1, 0.15) is 36.6 Å². The van der Waals surface area contributed by atoms with Crippen molar-refractivity contribution in [1.82, 2.24) is 10.1 Å². The van der Waals surface area contributed by atoms with Crippen LogP contribution >= 0.6 is 11.6 Å². The molecule has 0 amide bonds. The molecule has 0 radical (unpaired) electrons. The average Bonchev–Trinajstić information content (AvgIpc) is 3.15. The van der Waals surface area contributed by atoms with E-state index in [4.69, 9.17) is 20.9 Å². The average molecular weight is 429 g/mol. The van der Waals surface area contributed by atoms with Gasteiger partial charge in [0.25, 0.3) is 0 Å². The van der Waals surface area contributed by atoms with Crippen molar-refractivity contribution >= 4 is 28.5 Å². The number of carbonyl (C=O) groups is 1. The van der Waals surface area contributed by atoms with Gasteiger partial charge in [0.05, 0.1) is 23.8 Å². The number of benzene rings is 2. The zero-order valence-electron chi connectivity index (χ0n) is 16.9. The van der Waals surface area contributed by atoms with Gasteiger partial charge in [0, 0.05) is 29.9 Å². The summed E-state index contributed by atoms with van der Waals surface area (Å²) in [5.41, 5.74) is 3.19. The number of nitrogens with zero attached hydrogens (tertiary/aromatic N) is 2. The van der Waals surface area contributed by atoms with Crippen molar-refractivity contribution in [3.63, 3.8) is 0 Å². The molecule has 1 aliphatic heterocycles. The molecule has 0 bridgehead atoms. The number of aromatic hydroxyl groups is 1. The summed E-state index contributed by atoms with van der Waals surface area (Å²) >= 11 is 5.97. The standard InChI is InChI=1S/C23H25ClN2O4/c1-2-29-23(28)16-4-3-11-26(13-16)14-19-21(27)10-9-18-20(25-30-22(18)19)12-15-5-7-17(24)8-6-15/h5-10,16,27H,2-4,11-14H2,1H3. The first-order chi connectivity index (χ1) is 14.5. The third-order valence-electron chi connectivity index (χ3n) is 5.59. The second-order valence-corrected chi connectivity index (χ2v) is 8.14. The minimum absolute atomic E-state index is 0.129. The van der Waals surface area contributed by atoms with Gasteiger partial charge in [-0.2, -0.15) is 0 Å². The fourth-order valence-corrected chi connectivity index (χ4v) is 4.18. The van der Waals surface area contributed by atoms with E-state index in [0.717, 1.165) is 36.0 Å². The first kappa shape index (κ1) is 20.7. The summed E-state index contributed by atoms with van der Waals surface area (Å²) in [6, 6.07) is 11.2. The molecule has 0 spiro atoms. The van der Waals surface area contributed by atoms with Crippen molar-refractivity contribution < 1.29 is 19.2 Å². The van der Waals surface area contributed by atoms with Crippen LogP contribution in [0, 0.1) is 5.92 Å². The van der Waals surface area contributed by atoms with Crippen molar-refractivity contribution in [1.29, 1.82) is 0 Å². The third-order valence-corrected chi connectivity index (χ3v) is 5.84. The maximum atomic E-state index is 12.1. The molecule has 1 fully saturated rings. The molecule has 158 valence electrons. The second-order valence-electron chi connectivity index (χ2n) is 7.70. The smallest absolute Gasteiger partial charge is 0.310 e. The topological polar surface area (TPSA) is 75.8 Å². The van der Waals surface area contributed by atoms with Gasteiger partial charge in [-0.1, -0.05) is 28.9 Å². The number of piperidine rings is 1. The minimum Gasteiger partial charge on any atom is -0.507 e. The number of hydrogen-bond acceptors (Lipinski definition) is 6. The lowest BCUT2D eigenvalue weighted by Gasteiger charge is -2.31. The van der Waals surface area contributed by atoms with E-state index in [-0.39, 0.29) is 17.6 Å². The molecular formula is C23H25ClN2O4. The normalized spacial score (nSPS) is 17.3.